The molecule has 0 aliphatic carbocycles. The highest BCUT2D eigenvalue weighted by molar-refractivity contribution is 5.88. The van der Waals surface area contributed by atoms with Gasteiger partial charge in [0.1, 0.15) is 22.8 Å². The summed E-state index contributed by atoms with van der Waals surface area (Å²) in [5, 5.41) is 10.4. The lowest BCUT2D eigenvalue weighted by Crippen LogP contribution is -2.47. The van der Waals surface area contributed by atoms with Crippen molar-refractivity contribution >= 4 is 22.8 Å². The third kappa shape index (κ3) is 4.17. The van der Waals surface area contributed by atoms with E-state index in [0.717, 1.165) is 0 Å². The van der Waals surface area contributed by atoms with Gasteiger partial charge in [-0.25, -0.2) is 9.78 Å². The van der Waals surface area contributed by atoms with Crippen molar-refractivity contribution in [3.05, 3.63) is 90.0 Å². The van der Waals surface area contributed by atoms with Gasteiger partial charge in [0.15, 0.2) is 0 Å². The van der Waals surface area contributed by atoms with E-state index < -0.39 is 12.1 Å². The number of carbonyl (C=O) groups excluding carboxylic acids is 1. The fraction of sp³-hybridized carbons (Fsp3) is 0.192. The van der Waals surface area contributed by atoms with Crippen LogP contribution in [0.4, 0.5) is 5.82 Å². The second kappa shape index (κ2) is 9.11. The van der Waals surface area contributed by atoms with Gasteiger partial charge < -0.3 is 20.5 Å². The monoisotopic (exact) mass is 471 g/mol. The van der Waals surface area contributed by atoms with Gasteiger partial charge in [-0.2, -0.15) is 0 Å². The fourth-order valence-electron chi connectivity index (χ4n) is 4.61. The van der Waals surface area contributed by atoms with Crippen molar-refractivity contribution in [1.29, 1.82) is 0 Å². The Morgan fingerprint density at radius 1 is 1.09 bits per heavy atom. The molecule has 9 heteroatoms. The van der Waals surface area contributed by atoms with E-state index in [1.165, 1.54) is 15.5 Å². The van der Waals surface area contributed by atoms with Crippen molar-refractivity contribution in [3.8, 4) is 17.2 Å². The molecule has 4 aromatic rings. The van der Waals surface area contributed by atoms with Gasteiger partial charge in [0.25, 0.3) is 0 Å². The Bertz CT molecular complexity index is 1440. The minimum absolute atomic E-state index is 0.196. The number of amides is 1. The topological polar surface area (TPSA) is 116 Å². The average Bonchev–Trinajstić information content (AvgIpc) is 3.17. The molecular formula is C26H25N5O4. The number of hydrogen-bond acceptors (Lipinski definition) is 6. The summed E-state index contributed by atoms with van der Waals surface area (Å²) in [5.74, 6) is 1.24. The predicted octanol–water partition coefficient (Wildman–Crippen LogP) is 2.88. The van der Waals surface area contributed by atoms with Crippen molar-refractivity contribution < 1.29 is 14.6 Å². The Hall–Kier alpha value is -4.37. The number of anilines is 1. The number of hydrogen-bond donors (Lipinski definition) is 2. The molecule has 1 amide bonds. The van der Waals surface area contributed by atoms with E-state index in [-0.39, 0.29) is 30.5 Å². The third-order valence-electron chi connectivity index (χ3n) is 6.14. The molecule has 2 atom stereocenters. The number of piperidine rings is 1. The zero-order chi connectivity index (χ0) is 24.5. The highest BCUT2D eigenvalue weighted by atomic mass is 16.5. The highest BCUT2D eigenvalue weighted by Crippen LogP contribution is 2.29. The molecule has 1 aliphatic heterocycles. The van der Waals surface area contributed by atoms with Crippen molar-refractivity contribution in [2.45, 2.75) is 18.6 Å². The zero-order valence-electron chi connectivity index (χ0n) is 18.9. The van der Waals surface area contributed by atoms with Crippen LogP contribution in [0.3, 0.4) is 0 Å². The van der Waals surface area contributed by atoms with E-state index in [1.54, 1.807) is 41.1 Å². The van der Waals surface area contributed by atoms with Crippen LogP contribution in [0.1, 0.15) is 12.5 Å². The molecule has 1 fully saturated rings. The number of benzene rings is 2. The van der Waals surface area contributed by atoms with Gasteiger partial charge in [-0.3, -0.25) is 13.9 Å². The second-order valence-corrected chi connectivity index (χ2v) is 8.45. The van der Waals surface area contributed by atoms with E-state index in [1.807, 2.05) is 30.3 Å². The molecule has 2 aromatic carbocycles. The van der Waals surface area contributed by atoms with Gasteiger partial charge in [0.05, 0.1) is 23.3 Å². The minimum atomic E-state index is -0.767. The van der Waals surface area contributed by atoms with Crippen molar-refractivity contribution in [3.63, 3.8) is 0 Å². The fourth-order valence-corrected chi connectivity index (χ4v) is 4.61. The maximum Gasteiger partial charge on any atom is 0.334 e. The highest BCUT2D eigenvalue weighted by Gasteiger charge is 2.32. The van der Waals surface area contributed by atoms with Gasteiger partial charge in [-0.15, -0.1) is 0 Å². The number of nitrogens with zero attached hydrogens (tertiary/aromatic N) is 4. The summed E-state index contributed by atoms with van der Waals surface area (Å²) in [5.41, 5.74) is 7.54. The van der Waals surface area contributed by atoms with Crippen molar-refractivity contribution in [2.24, 2.45) is 0 Å². The first-order chi connectivity index (χ1) is 17.0. The molecule has 3 heterocycles. The Morgan fingerprint density at radius 2 is 1.80 bits per heavy atom. The summed E-state index contributed by atoms with van der Waals surface area (Å²) in [6.07, 6.45) is 2.31. The van der Waals surface area contributed by atoms with Crippen LogP contribution in [0.15, 0.2) is 84.3 Å². The van der Waals surface area contributed by atoms with E-state index in [0.29, 0.717) is 34.6 Å². The number of aliphatic hydroxyl groups excluding tert-OH is 1. The van der Waals surface area contributed by atoms with Gasteiger partial charge in [-0.05, 0) is 55.0 Å². The number of aromatic nitrogens is 3. The third-order valence-corrected chi connectivity index (χ3v) is 6.14. The summed E-state index contributed by atoms with van der Waals surface area (Å²) in [6.45, 7) is 4.00. The average molecular weight is 472 g/mol. The first kappa shape index (κ1) is 22.4. The van der Waals surface area contributed by atoms with Crippen molar-refractivity contribution in [1.82, 2.24) is 19.0 Å². The summed E-state index contributed by atoms with van der Waals surface area (Å²) >= 11 is 0. The smallest absolute Gasteiger partial charge is 0.334 e. The largest absolute Gasteiger partial charge is 0.457 e. The first-order valence-corrected chi connectivity index (χ1v) is 11.3. The van der Waals surface area contributed by atoms with Crippen LogP contribution >= 0.6 is 0 Å². The van der Waals surface area contributed by atoms with Gasteiger partial charge >= 0.3 is 5.69 Å². The van der Waals surface area contributed by atoms with Crippen LogP contribution in [0.25, 0.3) is 16.7 Å². The number of nitrogen functional groups attached to an aromatic ring is 1. The summed E-state index contributed by atoms with van der Waals surface area (Å²) in [7, 11) is 0. The summed E-state index contributed by atoms with van der Waals surface area (Å²) in [6, 6.07) is 17.8. The number of likely N-dealkylation sites (tertiary alicyclic amines) is 1. The van der Waals surface area contributed by atoms with Crippen LogP contribution in [0.5, 0.6) is 11.5 Å². The SMILES string of the molecule is C=CC(=O)N1C[C@@H](O)C[C@@H](n2c(=O)n(-c3ccc(Oc4ccccc4)cc3)c3c(N)nccc32)C1. The lowest BCUT2D eigenvalue weighted by Gasteiger charge is -2.35. The molecule has 0 radical (unpaired) electrons. The van der Waals surface area contributed by atoms with Crippen LogP contribution < -0.4 is 16.2 Å². The van der Waals surface area contributed by atoms with E-state index >= 15 is 0 Å². The number of pyridine rings is 1. The molecule has 0 spiro atoms. The normalized spacial score (nSPS) is 17.9. The predicted molar refractivity (Wildman–Crippen MR) is 133 cm³/mol. The molecule has 0 bridgehead atoms. The molecule has 1 aliphatic rings. The van der Waals surface area contributed by atoms with Gasteiger partial charge in [0.2, 0.25) is 5.91 Å². The zero-order valence-corrected chi connectivity index (χ0v) is 18.9. The first-order valence-electron chi connectivity index (χ1n) is 11.3. The number of rotatable bonds is 5. The maximum absolute atomic E-state index is 13.8. The lowest BCUT2D eigenvalue weighted by atomic mass is 10.0. The number of imidazole rings is 1. The van der Waals surface area contributed by atoms with E-state index in [2.05, 4.69) is 11.6 Å². The van der Waals surface area contributed by atoms with Crippen LogP contribution in [0, 0.1) is 0 Å². The number of β-amino-alcohol motifs (C(OH)–C–C–N with tert-alkyl or cyclic N) is 1. The Kier molecular flexibility index (Phi) is 5.84. The number of nitrogens with two attached hydrogens (primary N) is 1. The van der Waals surface area contributed by atoms with Crippen molar-refractivity contribution in [2.75, 3.05) is 18.8 Å². The molecule has 0 saturated carbocycles. The van der Waals surface area contributed by atoms with Crippen LogP contribution in [-0.4, -0.2) is 49.2 Å². The standard InChI is InChI=1S/C26H25N5O4/c1-2-23(33)29-15-18(14-19(32)16-29)30-22-12-13-28-25(27)24(22)31(26(30)34)17-8-10-21(11-9-17)35-20-6-4-3-5-7-20/h2-13,18-19,32H,1,14-16H2,(H2,27,28)/t18-,19+/m1/s1. The number of carbonyl (C=O) groups is 1. The Morgan fingerprint density at radius 3 is 2.51 bits per heavy atom. The Balaban J connectivity index is 1.57. The molecule has 2 aromatic heterocycles. The molecule has 9 nitrogen and oxygen atoms in total. The molecule has 0 unspecified atom stereocenters. The lowest BCUT2D eigenvalue weighted by molar-refractivity contribution is -0.130. The summed E-state index contributed by atoms with van der Waals surface area (Å²) < 4.78 is 8.96. The number of para-hydroxylation sites is 1. The molecule has 3 N–H and O–H groups in total. The molecule has 178 valence electrons. The van der Waals surface area contributed by atoms with Crippen LogP contribution in [0.2, 0.25) is 0 Å². The molecule has 35 heavy (non-hydrogen) atoms. The number of ether oxygens (including phenoxy) is 1. The minimum Gasteiger partial charge on any atom is -0.457 e. The van der Waals surface area contributed by atoms with Crippen LogP contribution in [-0.2, 0) is 4.79 Å². The quantitative estimate of drug-likeness (QED) is 0.433. The number of aliphatic hydroxyl groups is 1. The molecular weight excluding hydrogens is 446 g/mol. The van der Waals surface area contributed by atoms with E-state index in [4.69, 9.17) is 10.5 Å². The van der Waals surface area contributed by atoms with Gasteiger partial charge in [0, 0.05) is 19.3 Å². The Labute approximate surface area is 201 Å². The van der Waals surface area contributed by atoms with E-state index in [9.17, 15) is 14.7 Å². The second-order valence-electron chi connectivity index (χ2n) is 8.45. The van der Waals surface area contributed by atoms with Gasteiger partial charge in [-0.1, -0.05) is 24.8 Å². The molecule has 1 saturated heterocycles. The molecule has 5 rings (SSSR count). The number of fused-ring (bicyclic) bond motifs is 1. The maximum atomic E-state index is 13.8. The summed E-state index contributed by atoms with van der Waals surface area (Å²) in [4.78, 5) is 31.7.